The lowest BCUT2D eigenvalue weighted by Crippen LogP contribution is -2.37. The average Bonchev–Trinajstić information content (AvgIpc) is 3.14. The molecule has 0 spiro atoms. The molecule has 4 aromatic rings. The molecule has 136 valence electrons. The number of phenolic OH excluding ortho intramolecular Hbond substituents is 1. The molecule has 0 aliphatic heterocycles. The number of rotatable bonds is 6. The SMILES string of the molecule is C[C@H](Nc1c(NCc2ccc3[nH]nnc3c2)c(=O)c1=O)c1cccc(O)c1. The Morgan fingerprint density at radius 3 is 2.74 bits per heavy atom. The van der Waals surface area contributed by atoms with Crippen LogP contribution < -0.4 is 21.5 Å². The van der Waals surface area contributed by atoms with E-state index in [-0.39, 0.29) is 23.2 Å². The van der Waals surface area contributed by atoms with Crippen molar-refractivity contribution in [1.29, 1.82) is 0 Å². The predicted molar refractivity (Wildman–Crippen MR) is 103 cm³/mol. The van der Waals surface area contributed by atoms with Gasteiger partial charge in [0.15, 0.2) is 0 Å². The van der Waals surface area contributed by atoms with Crippen molar-refractivity contribution in [3.63, 3.8) is 0 Å². The summed E-state index contributed by atoms with van der Waals surface area (Å²) in [5.74, 6) is 0.146. The second-order valence-electron chi connectivity index (χ2n) is 6.39. The first-order chi connectivity index (χ1) is 13.0. The minimum atomic E-state index is -0.545. The molecule has 3 aromatic carbocycles. The van der Waals surface area contributed by atoms with Gasteiger partial charge in [0.1, 0.15) is 22.6 Å². The molecule has 4 N–H and O–H groups in total. The molecule has 0 aliphatic carbocycles. The van der Waals surface area contributed by atoms with Gasteiger partial charge in [-0.25, -0.2) is 0 Å². The fraction of sp³-hybridized carbons (Fsp3) is 0.158. The number of hydrogen-bond donors (Lipinski definition) is 4. The minimum Gasteiger partial charge on any atom is -0.508 e. The molecular weight excluding hydrogens is 346 g/mol. The van der Waals surface area contributed by atoms with E-state index in [0.29, 0.717) is 6.54 Å². The third-order valence-electron chi connectivity index (χ3n) is 4.50. The Labute approximate surface area is 153 Å². The Morgan fingerprint density at radius 1 is 1.11 bits per heavy atom. The zero-order valence-corrected chi connectivity index (χ0v) is 14.5. The van der Waals surface area contributed by atoms with Crippen LogP contribution >= 0.6 is 0 Å². The largest absolute Gasteiger partial charge is 0.508 e. The van der Waals surface area contributed by atoms with Gasteiger partial charge >= 0.3 is 0 Å². The Hall–Kier alpha value is -3.68. The zero-order chi connectivity index (χ0) is 19.0. The fourth-order valence-corrected chi connectivity index (χ4v) is 2.98. The summed E-state index contributed by atoms with van der Waals surface area (Å²) >= 11 is 0. The Bertz CT molecular complexity index is 1190. The molecule has 0 radical (unpaired) electrons. The molecule has 4 rings (SSSR count). The highest BCUT2D eigenvalue weighted by Crippen LogP contribution is 2.24. The van der Waals surface area contributed by atoms with Gasteiger partial charge in [-0.05, 0) is 42.3 Å². The highest BCUT2D eigenvalue weighted by Gasteiger charge is 2.22. The van der Waals surface area contributed by atoms with Crippen molar-refractivity contribution in [3.05, 3.63) is 74.0 Å². The first kappa shape index (κ1) is 16.8. The molecule has 0 amide bonds. The second-order valence-corrected chi connectivity index (χ2v) is 6.39. The van der Waals surface area contributed by atoms with Crippen molar-refractivity contribution < 1.29 is 5.11 Å². The van der Waals surface area contributed by atoms with Crippen LogP contribution in [0.3, 0.4) is 0 Å². The fourth-order valence-electron chi connectivity index (χ4n) is 2.98. The third-order valence-corrected chi connectivity index (χ3v) is 4.50. The van der Waals surface area contributed by atoms with Gasteiger partial charge < -0.3 is 15.7 Å². The third kappa shape index (κ3) is 3.12. The number of anilines is 2. The average molecular weight is 363 g/mol. The van der Waals surface area contributed by atoms with E-state index < -0.39 is 10.9 Å². The highest BCUT2D eigenvalue weighted by atomic mass is 16.3. The van der Waals surface area contributed by atoms with Crippen molar-refractivity contribution in [3.8, 4) is 5.75 Å². The van der Waals surface area contributed by atoms with Crippen molar-refractivity contribution in [2.75, 3.05) is 10.6 Å². The van der Waals surface area contributed by atoms with E-state index in [1.807, 2.05) is 31.2 Å². The van der Waals surface area contributed by atoms with Gasteiger partial charge in [-0.2, -0.15) is 0 Å². The van der Waals surface area contributed by atoms with E-state index in [9.17, 15) is 14.7 Å². The number of benzene rings is 2. The number of hydrogen-bond acceptors (Lipinski definition) is 7. The maximum absolute atomic E-state index is 12.0. The van der Waals surface area contributed by atoms with E-state index >= 15 is 0 Å². The van der Waals surface area contributed by atoms with E-state index in [1.54, 1.807) is 18.2 Å². The summed E-state index contributed by atoms with van der Waals surface area (Å²) in [4.78, 5) is 23.9. The van der Waals surface area contributed by atoms with E-state index in [1.165, 1.54) is 0 Å². The molecule has 0 saturated carbocycles. The Kier molecular flexibility index (Phi) is 4.08. The van der Waals surface area contributed by atoms with Gasteiger partial charge in [0.05, 0.1) is 5.52 Å². The predicted octanol–water partition coefficient (Wildman–Crippen LogP) is 2.04. The van der Waals surface area contributed by atoms with Gasteiger partial charge in [-0.1, -0.05) is 23.4 Å². The molecular formula is C19H17N5O3. The number of nitrogens with one attached hydrogen (secondary N) is 3. The summed E-state index contributed by atoms with van der Waals surface area (Å²) in [5, 5.41) is 26.2. The zero-order valence-electron chi connectivity index (χ0n) is 14.5. The molecule has 1 aromatic heterocycles. The molecule has 0 aliphatic rings. The van der Waals surface area contributed by atoms with Gasteiger partial charge in [-0.15, -0.1) is 5.10 Å². The lowest BCUT2D eigenvalue weighted by atomic mass is 10.1. The number of phenols is 1. The van der Waals surface area contributed by atoms with Gasteiger partial charge in [0.2, 0.25) is 0 Å². The number of fused-ring (bicyclic) bond motifs is 1. The van der Waals surface area contributed by atoms with Crippen LogP contribution in [0.25, 0.3) is 11.0 Å². The second kappa shape index (κ2) is 6.56. The summed E-state index contributed by atoms with van der Waals surface area (Å²) in [5.41, 5.74) is 2.73. The first-order valence-electron chi connectivity index (χ1n) is 8.45. The molecule has 0 unspecified atom stereocenters. The molecule has 8 nitrogen and oxygen atoms in total. The summed E-state index contributed by atoms with van der Waals surface area (Å²) in [6, 6.07) is 12.1. The van der Waals surface area contributed by atoms with Crippen molar-refractivity contribution in [2.24, 2.45) is 0 Å². The Morgan fingerprint density at radius 2 is 1.93 bits per heavy atom. The monoisotopic (exact) mass is 363 g/mol. The molecule has 8 heteroatoms. The van der Waals surface area contributed by atoms with Gasteiger partial charge in [0.25, 0.3) is 10.9 Å². The number of nitrogens with zero attached hydrogens (tertiary/aromatic N) is 2. The van der Waals surface area contributed by atoms with Crippen molar-refractivity contribution in [1.82, 2.24) is 15.4 Å². The van der Waals surface area contributed by atoms with Crippen LogP contribution in [-0.2, 0) is 6.54 Å². The lowest BCUT2D eigenvalue weighted by Gasteiger charge is -2.20. The number of aromatic amines is 1. The van der Waals surface area contributed by atoms with Crippen LogP contribution in [0, 0.1) is 0 Å². The van der Waals surface area contributed by atoms with Crippen LogP contribution in [0.1, 0.15) is 24.1 Å². The van der Waals surface area contributed by atoms with Gasteiger partial charge in [-0.3, -0.25) is 14.7 Å². The topological polar surface area (TPSA) is 120 Å². The summed E-state index contributed by atoms with van der Waals surface area (Å²) < 4.78 is 0. The molecule has 0 saturated heterocycles. The van der Waals surface area contributed by atoms with Crippen molar-refractivity contribution in [2.45, 2.75) is 19.5 Å². The smallest absolute Gasteiger partial charge is 0.253 e. The molecule has 1 atom stereocenters. The van der Waals surface area contributed by atoms with Crippen LogP contribution in [0.4, 0.5) is 11.4 Å². The standard InChI is InChI=1S/C19H17N5O3/c1-10(12-3-2-4-13(25)8-12)21-17-16(18(26)19(17)27)20-9-11-5-6-14-15(7-11)23-24-22-14/h2-8,10,20-21,25H,9H2,1H3,(H,22,23,24)/t10-/m0/s1. The van der Waals surface area contributed by atoms with E-state index in [0.717, 1.165) is 22.2 Å². The molecule has 1 heterocycles. The maximum atomic E-state index is 12.0. The maximum Gasteiger partial charge on any atom is 0.253 e. The number of aromatic hydroxyl groups is 1. The van der Waals surface area contributed by atoms with Crippen LogP contribution in [0.5, 0.6) is 5.75 Å². The molecule has 0 bridgehead atoms. The van der Waals surface area contributed by atoms with Crippen LogP contribution in [0.2, 0.25) is 0 Å². The summed E-state index contributed by atoms with van der Waals surface area (Å²) in [7, 11) is 0. The van der Waals surface area contributed by atoms with E-state index in [2.05, 4.69) is 26.0 Å². The quantitative estimate of drug-likeness (QED) is 0.387. The molecule has 27 heavy (non-hydrogen) atoms. The minimum absolute atomic E-state index is 0.146. The van der Waals surface area contributed by atoms with Crippen LogP contribution in [0.15, 0.2) is 52.1 Å². The first-order valence-corrected chi connectivity index (χ1v) is 8.45. The normalized spacial score (nSPS) is 12.3. The Balaban J connectivity index is 1.50. The van der Waals surface area contributed by atoms with Crippen LogP contribution in [-0.4, -0.2) is 20.5 Å². The number of H-pyrrole nitrogens is 1. The lowest BCUT2D eigenvalue weighted by molar-refractivity contribution is 0.474. The highest BCUT2D eigenvalue weighted by molar-refractivity contribution is 5.76. The van der Waals surface area contributed by atoms with E-state index in [4.69, 9.17) is 0 Å². The summed E-state index contributed by atoms with van der Waals surface area (Å²) in [6.07, 6.45) is 0. The summed E-state index contributed by atoms with van der Waals surface area (Å²) in [6.45, 7) is 2.23. The number of aromatic nitrogens is 3. The molecule has 0 fully saturated rings. The van der Waals surface area contributed by atoms with Crippen molar-refractivity contribution >= 4 is 22.4 Å². The van der Waals surface area contributed by atoms with Gasteiger partial charge in [0, 0.05) is 12.6 Å².